The van der Waals surface area contributed by atoms with Gasteiger partial charge in [-0.15, -0.1) is 0 Å². The van der Waals surface area contributed by atoms with Crippen LogP contribution in [-0.4, -0.2) is 64.0 Å². The maximum atomic E-state index is 14.7. The smallest absolute Gasteiger partial charge is 0.336 e. The normalized spacial score (nSPS) is 22.1. The van der Waals surface area contributed by atoms with Crippen molar-refractivity contribution in [3.8, 4) is 0 Å². The molecule has 0 bridgehead atoms. The van der Waals surface area contributed by atoms with Crippen molar-refractivity contribution in [3.63, 3.8) is 0 Å². The van der Waals surface area contributed by atoms with Crippen molar-refractivity contribution in [2.24, 2.45) is 17.6 Å². The maximum Gasteiger partial charge on any atom is 0.336 e. The van der Waals surface area contributed by atoms with Crippen LogP contribution in [0, 0.1) is 11.8 Å². The van der Waals surface area contributed by atoms with Crippen LogP contribution in [-0.2, 0) is 50.2 Å². The lowest BCUT2D eigenvalue weighted by atomic mass is 9.78. The van der Waals surface area contributed by atoms with Gasteiger partial charge >= 0.3 is 13.6 Å². The third-order valence-corrected chi connectivity index (χ3v) is 13.4. The van der Waals surface area contributed by atoms with Crippen molar-refractivity contribution in [1.29, 1.82) is 0 Å². The summed E-state index contributed by atoms with van der Waals surface area (Å²) in [7, 11) is -3.66. The first kappa shape index (κ1) is 47.2. The minimum Gasteiger partial charge on any atom is -0.481 e. The van der Waals surface area contributed by atoms with Gasteiger partial charge in [0.25, 0.3) is 0 Å². The molecule has 0 radical (unpaired) electrons. The Hall–Kier alpha value is -4.84. The van der Waals surface area contributed by atoms with E-state index < -0.39 is 84.7 Å². The van der Waals surface area contributed by atoms with Crippen LogP contribution in [0.25, 0.3) is 10.8 Å². The van der Waals surface area contributed by atoms with Gasteiger partial charge in [-0.3, -0.25) is 28.5 Å². The van der Waals surface area contributed by atoms with E-state index >= 15 is 0 Å². The van der Waals surface area contributed by atoms with Crippen molar-refractivity contribution < 1.29 is 42.7 Å². The van der Waals surface area contributed by atoms with Gasteiger partial charge in [0.2, 0.25) is 23.6 Å². The standard InChI is InChI=1S/C47H63N4O9P/c1-45(2,3)59-61(58,60-46(4,5)6)30-31-20-22-34(23-21-31)37-19-12-14-32(26-35-17-13-16-33-15-8-9-18-36(33)35)29-49-43(56)39(28-40(48)52)50-44(57)47(24-10-7-11-25-47)51-42(55)38(37)27-41(53)54/h8-9,12-13,15-23,32,37-39H,7,10-11,14,24-30H2,1-6H3,(H2,48,52)(H,49,56)(H,50,57)(H,51,55)(H,53,54)/t32-,37-,38-,39-/m0/s1. The van der Waals surface area contributed by atoms with Crippen LogP contribution in [0.15, 0.2) is 78.9 Å². The number of allylic oxidation sites excluding steroid dienone is 2. The number of carboxylic acid groups (broad SMARTS) is 1. The Bertz CT molecular complexity index is 2110. The zero-order valence-electron chi connectivity index (χ0n) is 36.3. The highest BCUT2D eigenvalue weighted by atomic mass is 31.2. The molecule has 2 aliphatic rings. The molecule has 1 heterocycles. The van der Waals surface area contributed by atoms with E-state index in [4.69, 9.17) is 14.8 Å². The van der Waals surface area contributed by atoms with E-state index in [2.05, 4.69) is 16.0 Å². The van der Waals surface area contributed by atoms with E-state index in [0.717, 1.165) is 22.8 Å². The molecule has 6 N–H and O–H groups in total. The molecule has 5 rings (SSSR count). The molecule has 13 nitrogen and oxygen atoms in total. The first-order chi connectivity index (χ1) is 28.6. The van der Waals surface area contributed by atoms with Gasteiger partial charge < -0.3 is 35.8 Å². The van der Waals surface area contributed by atoms with Gasteiger partial charge in [0.15, 0.2) is 0 Å². The van der Waals surface area contributed by atoms with Gasteiger partial charge in [0.1, 0.15) is 11.6 Å². The Labute approximate surface area is 359 Å². The van der Waals surface area contributed by atoms with Gasteiger partial charge in [0.05, 0.1) is 36.1 Å². The first-order valence-electron chi connectivity index (χ1n) is 21.3. The molecule has 1 aliphatic heterocycles. The molecule has 1 saturated carbocycles. The summed E-state index contributed by atoms with van der Waals surface area (Å²) in [5, 5.41) is 21.1. The Morgan fingerprint density at radius 1 is 0.852 bits per heavy atom. The summed E-state index contributed by atoms with van der Waals surface area (Å²) < 4.78 is 26.2. The van der Waals surface area contributed by atoms with Gasteiger partial charge in [-0.25, -0.2) is 0 Å². The quantitative estimate of drug-likeness (QED) is 0.0959. The van der Waals surface area contributed by atoms with E-state index in [1.807, 2.05) is 96.2 Å². The second kappa shape index (κ2) is 19.9. The molecule has 330 valence electrons. The Kier molecular flexibility index (Phi) is 15.4. The SMILES string of the molecule is CC(C)(C)OP(=O)(Cc1ccc([C@@H]2C=CC[C@@H](Cc3cccc4ccccc34)CNC(=O)[C@H](CC(N)=O)NC(=O)C3(CCCCC3)NC(=O)[C@H]2CC(=O)O)cc1)OC(C)(C)C. The van der Waals surface area contributed by atoms with E-state index in [1.54, 1.807) is 24.3 Å². The lowest BCUT2D eigenvalue weighted by molar-refractivity contribution is -0.143. The number of aliphatic carboxylic acids is 1. The number of carbonyl (C=O) groups is 5. The zero-order chi connectivity index (χ0) is 44.6. The van der Waals surface area contributed by atoms with E-state index in [0.29, 0.717) is 36.8 Å². The number of rotatable bonds is 11. The van der Waals surface area contributed by atoms with Crippen LogP contribution in [0.3, 0.4) is 0 Å². The molecule has 1 fully saturated rings. The number of carboxylic acids is 1. The number of nitrogens with one attached hydrogen (secondary N) is 3. The summed E-state index contributed by atoms with van der Waals surface area (Å²) in [4.78, 5) is 67.6. The fourth-order valence-corrected chi connectivity index (χ4v) is 10.9. The maximum absolute atomic E-state index is 14.7. The number of primary amides is 1. The highest BCUT2D eigenvalue weighted by Crippen LogP contribution is 2.57. The van der Waals surface area contributed by atoms with Gasteiger partial charge in [-0.05, 0) is 101 Å². The van der Waals surface area contributed by atoms with Crippen LogP contribution < -0.4 is 21.7 Å². The predicted octanol–water partition coefficient (Wildman–Crippen LogP) is 7.45. The van der Waals surface area contributed by atoms with Crippen LogP contribution in [0.4, 0.5) is 0 Å². The molecule has 1 spiro atoms. The molecule has 4 atom stereocenters. The molecule has 0 unspecified atom stereocenters. The van der Waals surface area contributed by atoms with E-state index in [-0.39, 0.29) is 31.5 Å². The highest BCUT2D eigenvalue weighted by Gasteiger charge is 2.45. The molecule has 1 aliphatic carbocycles. The average molecular weight is 859 g/mol. The molecule has 3 aromatic rings. The molecule has 0 saturated heterocycles. The van der Waals surface area contributed by atoms with Crippen molar-refractivity contribution in [2.75, 3.05) is 6.54 Å². The zero-order valence-corrected chi connectivity index (χ0v) is 37.2. The summed E-state index contributed by atoms with van der Waals surface area (Å²) >= 11 is 0. The van der Waals surface area contributed by atoms with E-state index in [1.165, 1.54) is 0 Å². The third-order valence-electron chi connectivity index (χ3n) is 11.0. The largest absolute Gasteiger partial charge is 0.481 e. The second-order valence-corrected chi connectivity index (χ2v) is 20.5. The molecule has 3 aromatic carbocycles. The molecule has 4 amide bonds. The minimum absolute atomic E-state index is 0.0166. The second-order valence-electron chi connectivity index (χ2n) is 18.6. The molecule has 14 heteroatoms. The summed E-state index contributed by atoms with van der Waals surface area (Å²) in [6.45, 7) is 11.0. The van der Waals surface area contributed by atoms with Crippen molar-refractivity contribution >= 4 is 48.0 Å². The van der Waals surface area contributed by atoms with Crippen LogP contribution >= 0.6 is 7.60 Å². The van der Waals surface area contributed by atoms with Gasteiger partial charge in [0, 0.05) is 12.5 Å². The van der Waals surface area contributed by atoms with Crippen LogP contribution in [0.5, 0.6) is 0 Å². The number of hydrogen-bond acceptors (Lipinski definition) is 8. The number of benzene rings is 3. The molecule has 0 aromatic heterocycles. The van der Waals surface area contributed by atoms with Gasteiger partial charge in [-0.1, -0.05) is 98.1 Å². The summed E-state index contributed by atoms with van der Waals surface area (Å²) in [5.74, 6) is -5.92. The Balaban J connectivity index is 1.58. The lowest BCUT2D eigenvalue weighted by Gasteiger charge is -2.39. The number of fused-ring (bicyclic) bond motifs is 1. The summed E-state index contributed by atoms with van der Waals surface area (Å²) in [5.41, 5.74) is 4.97. The molecule has 61 heavy (non-hydrogen) atoms. The van der Waals surface area contributed by atoms with Crippen molar-refractivity contribution in [3.05, 3.63) is 95.6 Å². The van der Waals surface area contributed by atoms with Crippen LogP contribution in [0.1, 0.15) is 116 Å². The summed E-state index contributed by atoms with van der Waals surface area (Å²) in [6.07, 6.45) is 6.27. The molecular formula is C47H63N4O9P. The lowest BCUT2D eigenvalue weighted by Crippen LogP contribution is -2.64. The van der Waals surface area contributed by atoms with E-state index in [9.17, 15) is 33.6 Å². The fourth-order valence-electron chi connectivity index (χ4n) is 8.44. The van der Waals surface area contributed by atoms with Gasteiger partial charge in [-0.2, -0.15) is 0 Å². The summed E-state index contributed by atoms with van der Waals surface area (Å²) in [6, 6.07) is 19.9. The first-order valence-corrected chi connectivity index (χ1v) is 23.0. The minimum atomic E-state index is -3.66. The van der Waals surface area contributed by atoms with Crippen molar-refractivity contribution in [2.45, 2.75) is 134 Å². The van der Waals surface area contributed by atoms with Crippen molar-refractivity contribution in [1.82, 2.24) is 16.0 Å². The third kappa shape index (κ3) is 13.6. The Morgan fingerprint density at radius 2 is 1.49 bits per heavy atom. The monoisotopic (exact) mass is 858 g/mol. The van der Waals surface area contributed by atoms with Crippen LogP contribution in [0.2, 0.25) is 0 Å². The number of amides is 4. The number of carbonyl (C=O) groups excluding carboxylic acids is 4. The number of nitrogens with two attached hydrogens (primary N) is 1. The predicted molar refractivity (Wildman–Crippen MR) is 236 cm³/mol. The fraction of sp³-hybridized carbons (Fsp3) is 0.511. The average Bonchev–Trinajstić information content (AvgIpc) is 3.16. The highest BCUT2D eigenvalue weighted by molar-refractivity contribution is 7.53. The number of hydrogen-bond donors (Lipinski definition) is 5. The topological polar surface area (TPSA) is 203 Å². The molecular weight excluding hydrogens is 796 g/mol. The Morgan fingerprint density at radius 3 is 2.11 bits per heavy atom.